The summed E-state index contributed by atoms with van der Waals surface area (Å²) >= 11 is 13.9. The minimum atomic E-state index is -0.860. The predicted octanol–water partition coefficient (Wildman–Crippen LogP) is 11.0. The van der Waals surface area contributed by atoms with Crippen molar-refractivity contribution in [2.45, 2.75) is 104 Å². The lowest BCUT2D eigenvalue weighted by Crippen LogP contribution is -2.44. The molecule has 2 aromatic heterocycles. The smallest absolute Gasteiger partial charge is 0.320 e. The third-order valence-electron chi connectivity index (χ3n) is 13.4. The molecule has 0 unspecified atom stereocenters. The van der Waals surface area contributed by atoms with Gasteiger partial charge in [-0.3, -0.25) is 29.4 Å². The first-order valence-electron chi connectivity index (χ1n) is 23.8. The summed E-state index contributed by atoms with van der Waals surface area (Å²) in [5.41, 5.74) is 9.55. The third-order valence-corrected chi connectivity index (χ3v) is 14.0. The molecule has 0 amide bonds. The average Bonchev–Trinajstić information content (AvgIpc) is 3.38. The van der Waals surface area contributed by atoms with Gasteiger partial charge in [0.15, 0.2) is 0 Å². The Morgan fingerprint density at radius 3 is 1.40 bits per heavy atom. The molecular formula is C56H54Cl2N6O8. The van der Waals surface area contributed by atoms with E-state index >= 15 is 0 Å². The van der Waals surface area contributed by atoms with Crippen molar-refractivity contribution in [3.8, 4) is 46.3 Å². The first-order valence-corrected chi connectivity index (χ1v) is 24.6. The molecule has 4 heterocycles. The quantitative estimate of drug-likeness (QED) is 0.0779. The van der Waals surface area contributed by atoms with Gasteiger partial charge in [0.25, 0.3) is 0 Å². The van der Waals surface area contributed by atoms with E-state index in [1.807, 2.05) is 34.1 Å². The number of halogens is 2. The molecule has 0 radical (unpaired) electrons. The first kappa shape index (κ1) is 51.2. The molecule has 370 valence electrons. The number of hydrogen-bond donors (Lipinski definition) is 2. The number of carbonyl (C=O) groups is 2. The number of benzene rings is 4. The molecule has 4 aromatic carbocycles. The number of carboxylic acid groups (broad SMARTS) is 2. The number of piperidine rings is 2. The topological polar surface area (TPSA) is 191 Å². The van der Waals surface area contributed by atoms with Gasteiger partial charge in [-0.05, 0) is 110 Å². The van der Waals surface area contributed by atoms with Crippen molar-refractivity contribution in [2.75, 3.05) is 13.1 Å². The van der Waals surface area contributed by atoms with Crippen LogP contribution in [0.5, 0.6) is 23.0 Å². The number of nitriles is 2. The summed E-state index contributed by atoms with van der Waals surface area (Å²) in [5, 5.41) is 39.6. The lowest BCUT2D eigenvalue weighted by Gasteiger charge is -2.33. The molecule has 2 fully saturated rings. The van der Waals surface area contributed by atoms with Crippen molar-refractivity contribution in [2.24, 2.45) is 0 Å². The van der Waals surface area contributed by atoms with Crippen LogP contribution in [-0.4, -0.2) is 67.1 Å². The van der Waals surface area contributed by atoms with Crippen molar-refractivity contribution in [1.82, 2.24) is 19.8 Å². The second kappa shape index (κ2) is 23.8. The molecule has 2 aliphatic heterocycles. The highest BCUT2D eigenvalue weighted by Crippen LogP contribution is 2.39. The zero-order chi connectivity index (χ0) is 50.7. The SMILES string of the molecule is Cc1c(COc2cc(OCc3cncc(C#N)c3)c(CN3CCCC[C@H]3C(=O)O)cc2Cl)cccc1-c1cccc(COc2cc(OCc3cncc(C#N)c3)c(CN3CCCC[C@H]3C(=O)O)cc2Cl)c1C. The number of nitrogens with zero attached hydrogens (tertiary/aromatic N) is 6. The molecule has 2 atom stereocenters. The molecule has 0 spiro atoms. The summed E-state index contributed by atoms with van der Waals surface area (Å²) in [7, 11) is 0. The molecule has 72 heavy (non-hydrogen) atoms. The monoisotopic (exact) mass is 1010 g/mol. The Kier molecular flexibility index (Phi) is 16.9. The van der Waals surface area contributed by atoms with E-state index < -0.39 is 24.0 Å². The highest BCUT2D eigenvalue weighted by Gasteiger charge is 2.31. The maximum atomic E-state index is 12.2. The number of pyridine rings is 2. The Hall–Kier alpha value is -7.20. The third kappa shape index (κ3) is 12.4. The summed E-state index contributed by atoms with van der Waals surface area (Å²) < 4.78 is 25.6. The molecule has 8 rings (SSSR count). The van der Waals surface area contributed by atoms with Crippen LogP contribution in [0.25, 0.3) is 11.1 Å². The molecule has 2 aliphatic rings. The Morgan fingerprint density at radius 1 is 0.583 bits per heavy atom. The van der Waals surface area contributed by atoms with Crippen molar-refractivity contribution in [3.05, 3.63) is 163 Å². The van der Waals surface area contributed by atoms with Crippen LogP contribution in [0, 0.1) is 36.5 Å². The molecule has 2 N–H and O–H groups in total. The van der Waals surface area contributed by atoms with Crippen molar-refractivity contribution in [3.63, 3.8) is 0 Å². The van der Waals surface area contributed by atoms with Gasteiger partial charge in [0.05, 0.1) is 21.2 Å². The van der Waals surface area contributed by atoms with E-state index in [9.17, 15) is 30.3 Å². The maximum Gasteiger partial charge on any atom is 0.320 e. The summed E-state index contributed by atoms with van der Waals surface area (Å²) in [6.45, 7) is 6.60. The highest BCUT2D eigenvalue weighted by molar-refractivity contribution is 6.32. The lowest BCUT2D eigenvalue weighted by atomic mass is 9.92. The Bertz CT molecular complexity index is 2840. The normalized spacial score (nSPS) is 16.0. The first-order chi connectivity index (χ1) is 34.9. The largest absolute Gasteiger partial charge is 0.488 e. The zero-order valence-electron chi connectivity index (χ0n) is 40.1. The second-order valence-electron chi connectivity index (χ2n) is 18.1. The standard InChI is InChI=1S/C56H54Cl2N6O8/c1-35-41(33-71-53-21-51(69-31-39-17-37(23-59)25-61-27-39)43(19-47(53)57)29-63-15-5-3-13-49(63)55(65)66)9-7-11-45(35)46-12-8-10-42(36(46)2)34-72-54-22-52(70-32-40-18-38(24-60)26-62-28-40)44(20-48(54)58)30-64-16-6-4-14-50(64)56(67)68/h7-12,17-22,25-28,49-50H,3-6,13-16,29-34H2,1-2H3,(H,65,66)(H,67,68)/t49-,50-/m0/s1. The van der Waals surface area contributed by atoms with Crippen molar-refractivity contribution < 1.29 is 38.7 Å². The van der Waals surface area contributed by atoms with Gasteiger partial charge in [-0.1, -0.05) is 72.4 Å². The number of hydrogen-bond acceptors (Lipinski definition) is 12. The molecule has 2 saturated heterocycles. The van der Waals surface area contributed by atoms with Crippen LogP contribution in [0.4, 0.5) is 0 Å². The van der Waals surface area contributed by atoms with Crippen LogP contribution in [0.2, 0.25) is 10.0 Å². The zero-order valence-corrected chi connectivity index (χ0v) is 41.6. The van der Waals surface area contributed by atoms with Crippen LogP contribution in [-0.2, 0) is 49.1 Å². The fourth-order valence-corrected chi connectivity index (χ4v) is 9.88. The highest BCUT2D eigenvalue weighted by atomic mass is 35.5. The van der Waals surface area contributed by atoms with Gasteiger partial charge < -0.3 is 29.2 Å². The fraction of sp³-hybridized carbons (Fsp3) is 0.321. The van der Waals surface area contributed by atoms with E-state index in [4.69, 9.17) is 42.1 Å². The minimum absolute atomic E-state index is 0.117. The van der Waals surface area contributed by atoms with Gasteiger partial charge in [0.1, 0.15) is 73.6 Å². The van der Waals surface area contributed by atoms with Crippen molar-refractivity contribution >= 4 is 35.1 Å². The van der Waals surface area contributed by atoms with Crippen LogP contribution < -0.4 is 18.9 Å². The molecule has 6 aromatic rings. The second-order valence-corrected chi connectivity index (χ2v) is 19.0. The minimum Gasteiger partial charge on any atom is -0.488 e. The number of aliphatic carboxylic acids is 2. The van der Waals surface area contributed by atoms with Gasteiger partial charge in [0.2, 0.25) is 0 Å². The van der Waals surface area contributed by atoms with Gasteiger partial charge >= 0.3 is 11.9 Å². The molecule has 0 bridgehead atoms. The van der Waals surface area contributed by atoms with E-state index in [-0.39, 0.29) is 26.4 Å². The Morgan fingerprint density at radius 2 is 1.00 bits per heavy atom. The number of aromatic nitrogens is 2. The van der Waals surface area contributed by atoms with Crippen LogP contribution in [0.15, 0.2) is 97.6 Å². The number of likely N-dealkylation sites (tertiary alicyclic amines) is 2. The summed E-state index contributed by atoms with van der Waals surface area (Å²) in [6, 6.07) is 25.6. The van der Waals surface area contributed by atoms with Gasteiger partial charge in [0, 0.05) is 72.3 Å². The molecular weight excluding hydrogens is 956 g/mol. The maximum absolute atomic E-state index is 12.2. The van der Waals surface area contributed by atoms with Gasteiger partial charge in [-0.25, -0.2) is 0 Å². The molecule has 0 saturated carbocycles. The molecule has 0 aliphatic carbocycles. The molecule has 16 heteroatoms. The lowest BCUT2D eigenvalue weighted by molar-refractivity contribution is -0.145. The van der Waals surface area contributed by atoms with E-state index in [0.717, 1.165) is 70.2 Å². The van der Waals surface area contributed by atoms with Gasteiger partial charge in [-0.2, -0.15) is 10.5 Å². The Labute approximate surface area is 428 Å². The van der Waals surface area contributed by atoms with Crippen LogP contribution >= 0.6 is 23.2 Å². The van der Waals surface area contributed by atoms with E-state index in [1.165, 1.54) is 12.4 Å². The Balaban J connectivity index is 1.01. The van der Waals surface area contributed by atoms with E-state index in [1.54, 1.807) is 48.8 Å². The van der Waals surface area contributed by atoms with Gasteiger partial charge in [-0.15, -0.1) is 0 Å². The number of rotatable bonds is 19. The number of carboxylic acids is 2. The molecule has 14 nitrogen and oxygen atoms in total. The summed E-state index contributed by atoms with van der Waals surface area (Å²) in [5.74, 6) is 0.0453. The predicted molar refractivity (Wildman–Crippen MR) is 271 cm³/mol. The van der Waals surface area contributed by atoms with Crippen LogP contribution in [0.3, 0.4) is 0 Å². The summed E-state index contributed by atoms with van der Waals surface area (Å²) in [4.78, 5) is 36.6. The summed E-state index contributed by atoms with van der Waals surface area (Å²) in [6.07, 6.45) is 10.8. The van der Waals surface area contributed by atoms with E-state index in [0.29, 0.717) is 94.3 Å². The van der Waals surface area contributed by atoms with Crippen molar-refractivity contribution in [1.29, 1.82) is 10.5 Å². The number of ether oxygens (including phenoxy) is 4. The fourth-order valence-electron chi connectivity index (χ4n) is 9.40. The van der Waals surface area contributed by atoms with E-state index in [2.05, 4.69) is 48.1 Å². The van der Waals surface area contributed by atoms with Crippen LogP contribution in [0.1, 0.15) is 94.2 Å². The average molecular weight is 1010 g/mol.